The summed E-state index contributed by atoms with van der Waals surface area (Å²) in [6, 6.07) is 5.25. The molecule has 1 aliphatic rings. The Kier molecular flexibility index (Phi) is 5.16. The first kappa shape index (κ1) is 14.3. The van der Waals surface area contributed by atoms with Crippen molar-refractivity contribution in [2.45, 2.75) is 26.3 Å². The van der Waals surface area contributed by atoms with E-state index < -0.39 is 0 Å². The maximum atomic E-state index is 13.8. The smallest absolute Gasteiger partial charge is 0.165 e. The zero-order valence-corrected chi connectivity index (χ0v) is 11.6. The fourth-order valence-electron chi connectivity index (χ4n) is 2.66. The maximum Gasteiger partial charge on any atom is 0.165 e. The summed E-state index contributed by atoms with van der Waals surface area (Å²) in [5.74, 6) is 0.651. The fourth-order valence-corrected chi connectivity index (χ4v) is 2.66. The summed E-state index contributed by atoms with van der Waals surface area (Å²) in [7, 11) is 0. The average molecular weight is 266 g/mol. The highest BCUT2D eigenvalue weighted by Gasteiger charge is 2.19. The zero-order chi connectivity index (χ0) is 13.7. The van der Waals surface area contributed by atoms with Gasteiger partial charge in [-0.05, 0) is 56.5 Å². The van der Waals surface area contributed by atoms with Crippen LogP contribution in [0.1, 0.15) is 25.3 Å². The van der Waals surface area contributed by atoms with Crippen molar-refractivity contribution in [3.63, 3.8) is 0 Å². The molecule has 1 heterocycles. The predicted octanol–water partition coefficient (Wildman–Crippen LogP) is 2.40. The molecule has 0 aromatic heterocycles. The van der Waals surface area contributed by atoms with Gasteiger partial charge in [0, 0.05) is 13.1 Å². The second-order valence-electron chi connectivity index (χ2n) is 5.18. The van der Waals surface area contributed by atoms with Gasteiger partial charge in [-0.25, -0.2) is 4.39 Å². The highest BCUT2D eigenvalue weighted by molar-refractivity contribution is 5.29. The molecule has 1 aromatic rings. The second-order valence-corrected chi connectivity index (χ2v) is 5.18. The van der Waals surface area contributed by atoms with Gasteiger partial charge in [0.15, 0.2) is 11.6 Å². The van der Waals surface area contributed by atoms with Crippen molar-refractivity contribution in [2.24, 2.45) is 11.7 Å². The van der Waals surface area contributed by atoms with Gasteiger partial charge >= 0.3 is 0 Å². The Hall–Kier alpha value is -1.13. The number of hydrogen-bond donors (Lipinski definition) is 1. The Labute approximate surface area is 114 Å². The van der Waals surface area contributed by atoms with E-state index in [1.807, 2.05) is 13.0 Å². The monoisotopic (exact) mass is 266 g/mol. The summed E-state index contributed by atoms with van der Waals surface area (Å²) in [5, 5.41) is 0. The normalized spacial score (nSPS) is 20.5. The molecule has 0 aliphatic carbocycles. The molecule has 1 saturated heterocycles. The van der Waals surface area contributed by atoms with Gasteiger partial charge in [-0.3, -0.25) is 4.90 Å². The lowest BCUT2D eigenvalue weighted by atomic mass is 9.98. The van der Waals surface area contributed by atoms with Crippen LogP contribution >= 0.6 is 0 Å². The van der Waals surface area contributed by atoms with Crippen molar-refractivity contribution >= 4 is 0 Å². The third-order valence-corrected chi connectivity index (χ3v) is 3.64. The number of piperidine rings is 1. The molecule has 1 unspecified atom stereocenters. The Morgan fingerprint density at radius 2 is 2.32 bits per heavy atom. The van der Waals surface area contributed by atoms with Crippen LogP contribution in [0.4, 0.5) is 4.39 Å². The number of nitrogens with two attached hydrogens (primary N) is 1. The van der Waals surface area contributed by atoms with Crippen LogP contribution in [0.3, 0.4) is 0 Å². The largest absolute Gasteiger partial charge is 0.491 e. The van der Waals surface area contributed by atoms with Crippen LogP contribution in [0, 0.1) is 11.7 Å². The summed E-state index contributed by atoms with van der Waals surface area (Å²) in [6.45, 7) is 5.97. The summed E-state index contributed by atoms with van der Waals surface area (Å²) < 4.78 is 19.0. The minimum atomic E-state index is -0.272. The third-order valence-electron chi connectivity index (χ3n) is 3.64. The summed E-state index contributed by atoms with van der Waals surface area (Å²) in [6.07, 6.45) is 2.39. The molecular weight excluding hydrogens is 243 g/mol. The van der Waals surface area contributed by atoms with E-state index in [0.717, 1.165) is 31.7 Å². The quantitative estimate of drug-likeness (QED) is 0.889. The van der Waals surface area contributed by atoms with Gasteiger partial charge in [-0.1, -0.05) is 6.07 Å². The van der Waals surface area contributed by atoms with Gasteiger partial charge in [0.25, 0.3) is 0 Å². The number of nitrogens with zero attached hydrogens (tertiary/aromatic N) is 1. The lowest BCUT2D eigenvalue weighted by Crippen LogP contribution is -2.37. The van der Waals surface area contributed by atoms with Crippen LogP contribution in [-0.4, -0.2) is 31.1 Å². The Morgan fingerprint density at radius 3 is 3.00 bits per heavy atom. The van der Waals surface area contributed by atoms with Gasteiger partial charge in [0.05, 0.1) is 6.61 Å². The number of halogens is 1. The fraction of sp³-hybridized carbons (Fsp3) is 0.600. The molecule has 0 radical (unpaired) electrons. The minimum Gasteiger partial charge on any atom is -0.491 e. The second kappa shape index (κ2) is 6.87. The highest BCUT2D eigenvalue weighted by atomic mass is 19.1. The number of likely N-dealkylation sites (tertiary alicyclic amines) is 1. The van der Waals surface area contributed by atoms with E-state index in [-0.39, 0.29) is 5.82 Å². The van der Waals surface area contributed by atoms with Crippen molar-refractivity contribution in [3.8, 4) is 5.75 Å². The van der Waals surface area contributed by atoms with E-state index in [9.17, 15) is 4.39 Å². The maximum absolute atomic E-state index is 13.8. The van der Waals surface area contributed by atoms with E-state index in [1.54, 1.807) is 12.1 Å². The first-order chi connectivity index (χ1) is 9.22. The predicted molar refractivity (Wildman–Crippen MR) is 74.6 cm³/mol. The molecular formula is C15H23FN2O. The average Bonchev–Trinajstić information content (AvgIpc) is 2.42. The molecule has 0 amide bonds. The van der Waals surface area contributed by atoms with E-state index in [1.165, 1.54) is 12.8 Å². The van der Waals surface area contributed by atoms with E-state index in [4.69, 9.17) is 10.5 Å². The van der Waals surface area contributed by atoms with Crippen LogP contribution in [0.2, 0.25) is 0 Å². The molecule has 2 N–H and O–H groups in total. The Bertz CT molecular complexity index is 411. The summed E-state index contributed by atoms with van der Waals surface area (Å²) in [5.41, 5.74) is 6.73. The molecule has 2 rings (SSSR count). The van der Waals surface area contributed by atoms with Gasteiger partial charge in [0.1, 0.15) is 0 Å². The summed E-state index contributed by atoms with van der Waals surface area (Å²) >= 11 is 0. The van der Waals surface area contributed by atoms with E-state index in [0.29, 0.717) is 18.3 Å². The lowest BCUT2D eigenvalue weighted by molar-refractivity contribution is 0.171. The molecule has 106 valence electrons. The molecule has 1 aromatic carbocycles. The Balaban J connectivity index is 1.97. The number of benzene rings is 1. The lowest BCUT2D eigenvalue weighted by Gasteiger charge is -2.32. The van der Waals surface area contributed by atoms with E-state index >= 15 is 0 Å². The Morgan fingerprint density at radius 1 is 1.47 bits per heavy atom. The molecule has 1 aliphatic heterocycles. The van der Waals surface area contributed by atoms with E-state index in [2.05, 4.69) is 4.90 Å². The molecule has 1 atom stereocenters. The van der Waals surface area contributed by atoms with Gasteiger partial charge in [-0.2, -0.15) is 0 Å². The van der Waals surface area contributed by atoms with Crippen molar-refractivity contribution < 1.29 is 9.13 Å². The van der Waals surface area contributed by atoms with Crippen LogP contribution in [0.5, 0.6) is 5.75 Å². The SMILES string of the molecule is CCOc1ccc(CN2CCCC(CN)C2)cc1F. The third kappa shape index (κ3) is 3.91. The van der Waals surface area contributed by atoms with Crippen molar-refractivity contribution in [1.82, 2.24) is 4.90 Å². The molecule has 0 spiro atoms. The molecule has 3 nitrogen and oxygen atoms in total. The van der Waals surface area contributed by atoms with Crippen molar-refractivity contribution in [3.05, 3.63) is 29.6 Å². The molecule has 19 heavy (non-hydrogen) atoms. The molecule has 1 fully saturated rings. The zero-order valence-electron chi connectivity index (χ0n) is 11.6. The van der Waals surface area contributed by atoms with Crippen LogP contribution in [0.25, 0.3) is 0 Å². The number of ether oxygens (including phenoxy) is 1. The van der Waals surface area contributed by atoms with Gasteiger partial charge in [0.2, 0.25) is 0 Å². The minimum absolute atomic E-state index is 0.272. The highest BCUT2D eigenvalue weighted by Crippen LogP contribution is 2.21. The first-order valence-electron chi connectivity index (χ1n) is 7.06. The molecule has 0 saturated carbocycles. The van der Waals surface area contributed by atoms with Crippen LogP contribution < -0.4 is 10.5 Å². The van der Waals surface area contributed by atoms with Gasteiger partial charge < -0.3 is 10.5 Å². The first-order valence-corrected chi connectivity index (χ1v) is 7.06. The van der Waals surface area contributed by atoms with Gasteiger partial charge in [-0.15, -0.1) is 0 Å². The van der Waals surface area contributed by atoms with Crippen LogP contribution in [0.15, 0.2) is 18.2 Å². The van der Waals surface area contributed by atoms with Crippen molar-refractivity contribution in [1.29, 1.82) is 0 Å². The number of rotatable bonds is 5. The molecule has 4 heteroatoms. The summed E-state index contributed by atoms with van der Waals surface area (Å²) in [4.78, 5) is 2.36. The topological polar surface area (TPSA) is 38.5 Å². The standard InChI is InChI=1S/C15H23FN2O/c1-2-19-15-6-5-12(8-14(15)16)10-18-7-3-4-13(9-17)11-18/h5-6,8,13H,2-4,7,9-11,17H2,1H3. The number of hydrogen-bond acceptors (Lipinski definition) is 3. The van der Waals surface area contributed by atoms with Crippen molar-refractivity contribution in [2.75, 3.05) is 26.2 Å². The molecule has 0 bridgehead atoms. The van der Waals surface area contributed by atoms with Crippen LogP contribution in [-0.2, 0) is 6.54 Å².